The van der Waals surface area contributed by atoms with Gasteiger partial charge in [0.25, 0.3) is 5.56 Å². The van der Waals surface area contributed by atoms with Crippen molar-refractivity contribution < 1.29 is 4.74 Å². The molecule has 0 saturated heterocycles. The molecule has 2 aromatic heterocycles. The molecule has 98 valence electrons. The first kappa shape index (κ1) is 13.0. The Morgan fingerprint density at radius 3 is 3.06 bits per heavy atom. The SMILES string of the molecule is COCCNCCn1c(=O)[nH]c(=O)c2ccsc21. The molecule has 0 saturated carbocycles. The number of aromatic amines is 1. The van der Waals surface area contributed by atoms with Gasteiger partial charge in [-0.3, -0.25) is 14.3 Å². The van der Waals surface area contributed by atoms with Gasteiger partial charge in [0.1, 0.15) is 4.83 Å². The fourth-order valence-corrected chi connectivity index (χ4v) is 2.62. The monoisotopic (exact) mass is 269 g/mol. The van der Waals surface area contributed by atoms with Crippen molar-refractivity contribution in [2.75, 3.05) is 26.8 Å². The van der Waals surface area contributed by atoms with E-state index in [9.17, 15) is 9.59 Å². The lowest BCUT2D eigenvalue weighted by atomic mass is 10.4. The Morgan fingerprint density at radius 1 is 1.44 bits per heavy atom. The van der Waals surface area contributed by atoms with E-state index >= 15 is 0 Å². The maximum Gasteiger partial charge on any atom is 0.329 e. The lowest BCUT2D eigenvalue weighted by molar-refractivity contribution is 0.199. The summed E-state index contributed by atoms with van der Waals surface area (Å²) in [6.07, 6.45) is 0. The third-order valence-corrected chi connectivity index (χ3v) is 3.53. The van der Waals surface area contributed by atoms with Crippen LogP contribution in [0.1, 0.15) is 0 Å². The first-order chi connectivity index (χ1) is 8.74. The van der Waals surface area contributed by atoms with Crippen LogP contribution in [0.3, 0.4) is 0 Å². The lowest BCUT2D eigenvalue weighted by Gasteiger charge is -2.07. The largest absolute Gasteiger partial charge is 0.383 e. The Balaban J connectivity index is 2.15. The van der Waals surface area contributed by atoms with Crippen molar-refractivity contribution in [3.63, 3.8) is 0 Å². The van der Waals surface area contributed by atoms with Crippen LogP contribution in [0.25, 0.3) is 10.2 Å². The zero-order valence-corrected chi connectivity index (χ0v) is 10.9. The van der Waals surface area contributed by atoms with Crippen molar-refractivity contribution in [2.45, 2.75) is 6.54 Å². The third kappa shape index (κ3) is 2.69. The second-order valence-corrected chi connectivity index (χ2v) is 4.69. The van der Waals surface area contributed by atoms with Crippen LogP contribution in [0, 0.1) is 0 Å². The fraction of sp³-hybridized carbons (Fsp3) is 0.455. The van der Waals surface area contributed by atoms with E-state index in [0.29, 0.717) is 25.1 Å². The number of hydrogen-bond acceptors (Lipinski definition) is 5. The smallest absolute Gasteiger partial charge is 0.329 e. The molecule has 6 nitrogen and oxygen atoms in total. The first-order valence-electron chi connectivity index (χ1n) is 5.64. The molecule has 0 aliphatic carbocycles. The summed E-state index contributed by atoms with van der Waals surface area (Å²) in [5.74, 6) is 0. The molecule has 2 heterocycles. The van der Waals surface area contributed by atoms with E-state index in [1.807, 2.05) is 5.38 Å². The van der Waals surface area contributed by atoms with Crippen LogP contribution in [0.15, 0.2) is 21.0 Å². The molecular weight excluding hydrogens is 254 g/mol. The maximum absolute atomic E-state index is 11.7. The normalized spacial score (nSPS) is 11.2. The second kappa shape index (κ2) is 5.94. The molecule has 2 N–H and O–H groups in total. The van der Waals surface area contributed by atoms with Gasteiger partial charge in [0.05, 0.1) is 12.0 Å². The van der Waals surface area contributed by atoms with Crippen molar-refractivity contribution >= 4 is 21.6 Å². The van der Waals surface area contributed by atoms with Crippen LogP contribution in [-0.2, 0) is 11.3 Å². The van der Waals surface area contributed by atoms with Gasteiger partial charge < -0.3 is 10.1 Å². The molecule has 0 aliphatic rings. The van der Waals surface area contributed by atoms with Gasteiger partial charge in [-0.15, -0.1) is 11.3 Å². The van der Waals surface area contributed by atoms with Crippen LogP contribution in [-0.4, -0.2) is 36.4 Å². The minimum atomic E-state index is -0.358. The number of methoxy groups -OCH3 is 1. The van der Waals surface area contributed by atoms with E-state index in [4.69, 9.17) is 4.74 Å². The molecule has 0 bridgehead atoms. The van der Waals surface area contributed by atoms with Gasteiger partial charge in [-0.05, 0) is 11.4 Å². The zero-order valence-electron chi connectivity index (χ0n) is 10.1. The van der Waals surface area contributed by atoms with Gasteiger partial charge in [0.2, 0.25) is 0 Å². The molecule has 0 spiro atoms. The molecule has 0 aromatic carbocycles. The third-order valence-electron chi connectivity index (χ3n) is 2.60. The average Bonchev–Trinajstić information content (AvgIpc) is 2.82. The van der Waals surface area contributed by atoms with E-state index in [-0.39, 0.29) is 11.2 Å². The number of hydrogen-bond donors (Lipinski definition) is 2. The predicted octanol–water partition coefficient (Wildman–Crippen LogP) is -0.0127. The molecule has 0 amide bonds. The zero-order chi connectivity index (χ0) is 13.0. The Hall–Kier alpha value is -1.44. The quantitative estimate of drug-likeness (QED) is 0.723. The van der Waals surface area contributed by atoms with Crippen molar-refractivity contribution in [1.82, 2.24) is 14.9 Å². The second-order valence-electron chi connectivity index (χ2n) is 3.79. The van der Waals surface area contributed by atoms with Crippen molar-refractivity contribution in [3.05, 3.63) is 32.3 Å². The molecule has 0 radical (unpaired) electrons. The molecule has 0 atom stereocenters. The van der Waals surface area contributed by atoms with E-state index in [1.54, 1.807) is 17.7 Å². The van der Waals surface area contributed by atoms with Gasteiger partial charge in [-0.1, -0.05) is 0 Å². The van der Waals surface area contributed by atoms with Gasteiger partial charge in [-0.2, -0.15) is 0 Å². The molecule has 18 heavy (non-hydrogen) atoms. The fourth-order valence-electron chi connectivity index (χ4n) is 1.70. The summed E-state index contributed by atoms with van der Waals surface area (Å²) in [5, 5.41) is 5.54. The van der Waals surface area contributed by atoms with Crippen LogP contribution >= 0.6 is 11.3 Å². The van der Waals surface area contributed by atoms with Gasteiger partial charge in [-0.25, -0.2) is 4.79 Å². The van der Waals surface area contributed by atoms with Gasteiger partial charge >= 0.3 is 5.69 Å². The number of rotatable bonds is 6. The van der Waals surface area contributed by atoms with Crippen LogP contribution in [0.2, 0.25) is 0 Å². The summed E-state index contributed by atoms with van der Waals surface area (Å²) in [6, 6.07) is 1.73. The van der Waals surface area contributed by atoms with Gasteiger partial charge in [0.15, 0.2) is 0 Å². The number of thiophene rings is 1. The summed E-state index contributed by atoms with van der Waals surface area (Å²) >= 11 is 1.40. The summed E-state index contributed by atoms with van der Waals surface area (Å²) in [4.78, 5) is 26.3. The van der Waals surface area contributed by atoms with E-state index < -0.39 is 0 Å². The summed E-state index contributed by atoms with van der Waals surface area (Å²) in [7, 11) is 1.64. The molecule has 0 unspecified atom stereocenters. The minimum Gasteiger partial charge on any atom is -0.383 e. The van der Waals surface area contributed by atoms with E-state index in [1.165, 1.54) is 11.3 Å². The number of fused-ring (bicyclic) bond motifs is 1. The predicted molar refractivity (Wildman–Crippen MR) is 71.5 cm³/mol. The Bertz CT molecular complexity index is 628. The number of nitrogens with zero attached hydrogens (tertiary/aromatic N) is 1. The summed E-state index contributed by atoms with van der Waals surface area (Å²) in [5.41, 5.74) is -0.677. The summed E-state index contributed by atoms with van der Waals surface area (Å²) in [6.45, 7) is 2.55. The standard InChI is InChI=1S/C11H15N3O3S/c1-17-6-4-12-3-5-14-10-8(2-7-18-10)9(15)13-11(14)16/h2,7,12H,3-6H2,1H3,(H,13,15,16). The van der Waals surface area contributed by atoms with Crippen LogP contribution in [0.5, 0.6) is 0 Å². The van der Waals surface area contributed by atoms with Crippen LogP contribution < -0.4 is 16.6 Å². The van der Waals surface area contributed by atoms with Gasteiger partial charge in [0, 0.05) is 26.7 Å². The highest BCUT2D eigenvalue weighted by Crippen LogP contribution is 2.14. The number of H-pyrrole nitrogens is 1. The highest BCUT2D eigenvalue weighted by atomic mass is 32.1. The summed E-state index contributed by atoms with van der Waals surface area (Å²) < 4.78 is 6.50. The molecule has 2 rings (SSSR count). The number of nitrogens with one attached hydrogen (secondary N) is 2. The average molecular weight is 269 g/mol. The number of ether oxygens (including phenoxy) is 1. The Morgan fingerprint density at radius 2 is 2.28 bits per heavy atom. The Labute approximate surface area is 107 Å². The molecule has 7 heteroatoms. The first-order valence-corrected chi connectivity index (χ1v) is 6.52. The topological polar surface area (TPSA) is 76.1 Å². The molecular formula is C11H15N3O3S. The molecule has 0 fully saturated rings. The van der Waals surface area contributed by atoms with E-state index in [0.717, 1.165) is 11.4 Å². The van der Waals surface area contributed by atoms with Crippen molar-refractivity contribution in [1.29, 1.82) is 0 Å². The molecule has 0 aliphatic heterocycles. The maximum atomic E-state index is 11.7. The molecule has 2 aromatic rings. The van der Waals surface area contributed by atoms with Crippen LogP contribution in [0.4, 0.5) is 0 Å². The minimum absolute atomic E-state index is 0.320. The Kier molecular flexibility index (Phi) is 4.29. The van der Waals surface area contributed by atoms with Crippen molar-refractivity contribution in [3.8, 4) is 0 Å². The lowest BCUT2D eigenvalue weighted by Crippen LogP contribution is -2.33. The van der Waals surface area contributed by atoms with E-state index in [2.05, 4.69) is 10.3 Å². The highest BCUT2D eigenvalue weighted by Gasteiger charge is 2.07. The number of aromatic nitrogens is 2. The van der Waals surface area contributed by atoms with Crippen molar-refractivity contribution in [2.24, 2.45) is 0 Å². The highest BCUT2D eigenvalue weighted by molar-refractivity contribution is 7.16.